The van der Waals surface area contributed by atoms with E-state index in [-0.39, 0.29) is 24.8 Å². The van der Waals surface area contributed by atoms with Crippen LogP contribution in [0.2, 0.25) is 0 Å². The largest absolute Gasteiger partial charge is 0.314 e. The van der Waals surface area contributed by atoms with Crippen molar-refractivity contribution in [2.24, 2.45) is 0 Å². The van der Waals surface area contributed by atoms with Crippen molar-refractivity contribution in [3.8, 4) is 11.8 Å². The van der Waals surface area contributed by atoms with Gasteiger partial charge in [0.25, 0.3) is 0 Å². The monoisotopic (exact) mass is 210 g/mol. The van der Waals surface area contributed by atoms with E-state index in [2.05, 4.69) is 22.1 Å². The molecule has 1 rings (SSSR count). The predicted molar refractivity (Wildman–Crippen MR) is 57.3 cm³/mol. The molecule has 0 aromatic heterocycles. The number of nitrogens with one attached hydrogen (secondary N) is 1. The van der Waals surface area contributed by atoms with E-state index in [4.69, 9.17) is 0 Å². The summed E-state index contributed by atoms with van der Waals surface area (Å²) in [4.78, 5) is 2.37. The summed E-state index contributed by atoms with van der Waals surface area (Å²) in [6, 6.07) is 0. The molecular weight excluding hydrogens is 195 g/mol. The Hall–Kier alpha value is 0.0600. The van der Waals surface area contributed by atoms with Gasteiger partial charge in [0.15, 0.2) is 0 Å². The van der Waals surface area contributed by atoms with Crippen LogP contribution in [-0.2, 0) is 0 Å². The molecule has 0 aliphatic carbocycles. The Kier molecular flexibility index (Phi) is 11.1. The van der Waals surface area contributed by atoms with Crippen molar-refractivity contribution in [2.45, 2.75) is 6.92 Å². The number of piperazine rings is 1. The lowest BCUT2D eigenvalue weighted by molar-refractivity contribution is 0.268. The molecule has 1 aliphatic heterocycles. The minimum Gasteiger partial charge on any atom is -0.314 e. The lowest BCUT2D eigenvalue weighted by Crippen LogP contribution is -2.43. The third-order valence-electron chi connectivity index (χ3n) is 1.69. The standard InChI is InChI=1S/C8H14N2.2ClH/c1-2-3-6-10-7-4-9-5-8-10;;/h9H,4-8H2,1H3;2*1H. The van der Waals surface area contributed by atoms with E-state index in [0.29, 0.717) is 0 Å². The second-order valence-corrected chi connectivity index (χ2v) is 2.45. The molecule has 0 saturated carbocycles. The first-order valence-electron chi connectivity index (χ1n) is 3.76. The van der Waals surface area contributed by atoms with E-state index >= 15 is 0 Å². The fourth-order valence-corrected chi connectivity index (χ4v) is 1.06. The first kappa shape index (κ1) is 14.6. The third-order valence-corrected chi connectivity index (χ3v) is 1.69. The summed E-state index contributed by atoms with van der Waals surface area (Å²) >= 11 is 0. The maximum absolute atomic E-state index is 3.30. The van der Waals surface area contributed by atoms with Crippen LogP contribution in [0.15, 0.2) is 0 Å². The molecule has 0 aromatic carbocycles. The Morgan fingerprint density at radius 2 is 1.83 bits per heavy atom. The molecular formula is C8H16Cl2N2. The van der Waals surface area contributed by atoms with Crippen LogP contribution in [0, 0.1) is 11.8 Å². The maximum Gasteiger partial charge on any atom is 0.0602 e. The van der Waals surface area contributed by atoms with Crippen LogP contribution >= 0.6 is 24.8 Å². The highest BCUT2D eigenvalue weighted by Gasteiger charge is 2.06. The van der Waals surface area contributed by atoms with Crippen molar-refractivity contribution in [3.63, 3.8) is 0 Å². The van der Waals surface area contributed by atoms with Gasteiger partial charge in [0.1, 0.15) is 0 Å². The maximum atomic E-state index is 3.30. The lowest BCUT2D eigenvalue weighted by Gasteiger charge is -2.24. The fourth-order valence-electron chi connectivity index (χ4n) is 1.06. The topological polar surface area (TPSA) is 15.3 Å². The second kappa shape index (κ2) is 9.15. The quantitative estimate of drug-likeness (QED) is 0.644. The Morgan fingerprint density at radius 1 is 1.25 bits per heavy atom. The first-order valence-corrected chi connectivity index (χ1v) is 3.76. The zero-order chi connectivity index (χ0) is 7.23. The molecule has 1 saturated heterocycles. The van der Waals surface area contributed by atoms with Crippen LogP contribution in [0.3, 0.4) is 0 Å². The Morgan fingerprint density at radius 3 is 2.33 bits per heavy atom. The van der Waals surface area contributed by atoms with Gasteiger partial charge in [0, 0.05) is 26.2 Å². The van der Waals surface area contributed by atoms with Crippen molar-refractivity contribution in [1.29, 1.82) is 0 Å². The van der Waals surface area contributed by atoms with Gasteiger partial charge in [-0.1, -0.05) is 5.92 Å². The Labute approximate surface area is 86.9 Å². The zero-order valence-corrected chi connectivity index (χ0v) is 8.93. The van der Waals surface area contributed by atoms with E-state index in [0.717, 1.165) is 32.7 Å². The van der Waals surface area contributed by atoms with Crippen LogP contribution in [0.5, 0.6) is 0 Å². The number of nitrogens with zero attached hydrogens (tertiary/aromatic N) is 1. The van der Waals surface area contributed by atoms with Crippen LogP contribution in [0.1, 0.15) is 6.92 Å². The number of halogens is 2. The summed E-state index contributed by atoms with van der Waals surface area (Å²) in [6.07, 6.45) is 0. The van der Waals surface area contributed by atoms with Gasteiger partial charge < -0.3 is 5.32 Å². The van der Waals surface area contributed by atoms with Crippen LogP contribution in [-0.4, -0.2) is 37.6 Å². The van der Waals surface area contributed by atoms with Crippen molar-refractivity contribution >= 4 is 24.8 Å². The Bertz CT molecular complexity index is 145. The normalized spacial score (nSPS) is 16.4. The Balaban J connectivity index is 0. The molecule has 1 aliphatic rings. The van der Waals surface area contributed by atoms with Crippen LogP contribution in [0.25, 0.3) is 0 Å². The highest BCUT2D eigenvalue weighted by molar-refractivity contribution is 5.85. The van der Waals surface area contributed by atoms with Crippen molar-refractivity contribution in [1.82, 2.24) is 10.2 Å². The van der Waals surface area contributed by atoms with Gasteiger partial charge in [0.2, 0.25) is 0 Å². The van der Waals surface area contributed by atoms with Crippen molar-refractivity contribution in [2.75, 3.05) is 32.7 Å². The molecule has 0 radical (unpaired) electrons. The number of hydrogen-bond acceptors (Lipinski definition) is 2. The first-order chi connectivity index (χ1) is 4.93. The number of hydrogen-bond donors (Lipinski definition) is 1. The minimum absolute atomic E-state index is 0. The third kappa shape index (κ3) is 5.68. The SMILES string of the molecule is CC#CCN1CCNCC1.Cl.Cl. The molecule has 0 unspecified atom stereocenters. The summed E-state index contributed by atoms with van der Waals surface area (Å²) in [5.74, 6) is 5.97. The van der Waals surface area contributed by atoms with Crippen molar-refractivity contribution in [3.05, 3.63) is 0 Å². The highest BCUT2D eigenvalue weighted by atomic mass is 35.5. The molecule has 1 N–H and O–H groups in total. The highest BCUT2D eigenvalue weighted by Crippen LogP contribution is 1.88. The smallest absolute Gasteiger partial charge is 0.0602 e. The lowest BCUT2D eigenvalue weighted by atomic mass is 10.3. The van der Waals surface area contributed by atoms with Crippen LogP contribution in [0.4, 0.5) is 0 Å². The molecule has 12 heavy (non-hydrogen) atoms. The molecule has 0 spiro atoms. The van der Waals surface area contributed by atoms with Gasteiger partial charge in [0.05, 0.1) is 6.54 Å². The van der Waals surface area contributed by atoms with Gasteiger partial charge in [-0.05, 0) is 6.92 Å². The van der Waals surface area contributed by atoms with E-state index in [9.17, 15) is 0 Å². The number of rotatable bonds is 1. The average Bonchev–Trinajstić information content (AvgIpc) is 2.03. The van der Waals surface area contributed by atoms with Gasteiger partial charge >= 0.3 is 0 Å². The molecule has 0 bridgehead atoms. The molecule has 1 fully saturated rings. The zero-order valence-electron chi connectivity index (χ0n) is 7.30. The molecule has 0 amide bonds. The summed E-state index contributed by atoms with van der Waals surface area (Å²) in [7, 11) is 0. The molecule has 0 atom stereocenters. The van der Waals surface area contributed by atoms with Gasteiger partial charge in [-0.2, -0.15) is 0 Å². The summed E-state index contributed by atoms with van der Waals surface area (Å²) in [5, 5.41) is 3.30. The second-order valence-electron chi connectivity index (χ2n) is 2.45. The minimum atomic E-state index is 0. The van der Waals surface area contributed by atoms with E-state index in [1.165, 1.54) is 0 Å². The fraction of sp³-hybridized carbons (Fsp3) is 0.750. The van der Waals surface area contributed by atoms with E-state index in [1.54, 1.807) is 0 Å². The average molecular weight is 211 g/mol. The van der Waals surface area contributed by atoms with Crippen molar-refractivity contribution < 1.29 is 0 Å². The summed E-state index contributed by atoms with van der Waals surface area (Å²) in [5.41, 5.74) is 0. The molecule has 4 heteroatoms. The van der Waals surface area contributed by atoms with Gasteiger partial charge in [-0.25, -0.2) is 0 Å². The van der Waals surface area contributed by atoms with Crippen LogP contribution < -0.4 is 5.32 Å². The predicted octanol–water partition coefficient (Wildman–Crippen LogP) is 0.758. The molecule has 0 aromatic rings. The molecule has 2 nitrogen and oxygen atoms in total. The molecule has 1 heterocycles. The molecule has 72 valence electrons. The van der Waals surface area contributed by atoms with Gasteiger partial charge in [-0.3, -0.25) is 4.90 Å². The summed E-state index contributed by atoms with van der Waals surface area (Å²) < 4.78 is 0. The van der Waals surface area contributed by atoms with E-state index in [1.807, 2.05) is 6.92 Å². The van der Waals surface area contributed by atoms with E-state index < -0.39 is 0 Å². The summed E-state index contributed by atoms with van der Waals surface area (Å²) in [6.45, 7) is 7.36. The van der Waals surface area contributed by atoms with Gasteiger partial charge in [-0.15, -0.1) is 30.7 Å².